The number of benzene rings is 2. The zero-order chi connectivity index (χ0) is 23.7. The van der Waals surface area contributed by atoms with Gasteiger partial charge in [0, 0.05) is 13.1 Å². The summed E-state index contributed by atoms with van der Waals surface area (Å²) in [5.74, 6) is -0.454. The Hall–Kier alpha value is -3.07. The van der Waals surface area contributed by atoms with Crippen LogP contribution in [0.3, 0.4) is 0 Å². The maximum absolute atomic E-state index is 12.6. The second kappa shape index (κ2) is 8.82. The molecule has 1 aliphatic rings. The fourth-order valence-corrected chi connectivity index (χ4v) is 4.30. The highest BCUT2D eigenvalue weighted by molar-refractivity contribution is 7.92. The first-order chi connectivity index (χ1) is 14.9. The number of hydrogen-bond acceptors (Lipinski definition) is 6. The third kappa shape index (κ3) is 5.59. The Bertz CT molecular complexity index is 1120. The van der Waals surface area contributed by atoms with Crippen LogP contribution in [0, 0.1) is 0 Å². The average molecular weight is 461 g/mol. The molecule has 0 spiro atoms. The lowest BCUT2D eigenvalue weighted by Crippen LogP contribution is -2.33. The van der Waals surface area contributed by atoms with Crippen molar-refractivity contribution in [1.82, 2.24) is 4.90 Å². The number of amides is 1. The van der Waals surface area contributed by atoms with Crippen molar-refractivity contribution in [3.05, 3.63) is 64.7 Å². The number of hydrogen-bond donors (Lipinski definition) is 0. The van der Waals surface area contributed by atoms with Crippen LogP contribution in [0.15, 0.2) is 42.5 Å². The van der Waals surface area contributed by atoms with Crippen LogP contribution < -0.4 is 4.31 Å². The summed E-state index contributed by atoms with van der Waals surface area (Å²) < 4.78 is 36.6. The number of sulfonamides is 1. The maximum atomic E-state index is 12.6. The molecule has 0 bridgehead atoms. The van der Waals surface area contributed by atoms with Gasteiger partial charge < -0.3 is 9.47 Å². The third-order valence-corrected chi connectivity index (χ3v) is 6.09. The van der Waals surface area contributed by atoms with E-state index in [4.69, 9.17) is 9.47 Å². The van der Waals surface area contributed by atoms with Gasteiger partial charge in [-0.1, -0.05) is 18.2 Å². The van der Waals surface area contributed by atoms with E-state index in [1.165, 1.54) is 11.4 Å². The van der Waals surface area contributed by atoms with Gasteiger partial charge in [0.15, 0.2) is 0 Å². The van der Waals surface area contributed by atoms with Gasteiger partial charge in [0.2, 0.25) is 10.0 Å². The monoisotopic (exact) mass is 460 g/mol. The number of esters is 1. The van der Waals surface area contributed by atoms with Crippen LogP contribution in [0.5, 0.6) is 0 Å². The smallest absolute Gasteiger partial charge is 0.410 e. The molecule has 172 valence electrons. The van der Waals surface area contributed by atoms with Gasteiger partial charge in [0.25, 0.3) is 0 Å². The van der Waals surface area contributed by atoms with E-state index in [0.717, 1.165) is 22.9 Å². The number of methoxy groups -OCH3 is 1. The SMILES string of the molecule is COC(=O)c1ccc(CN(c2ccc3c(c2)CN(C(=O)OC(C)(C)C)C3)S(C)(=O)=O)cc1. The molecule has 0 atom stereocenters. The predicted octanol–water partition coefficient (Wildman–Crippen LogP) is 3.69. The largest absolute Gasteiger partial charge is 0.465 e. The molecule has 2 aromatic rings. The van der Waals surface area contributed by atoms with E-state index in [1.807, 2.05) is 26.8 Å². The van der Waals surface area contributed by atoms with E-state index in [0.29, 0.717) is 24.3 Å². The first-order valence-electron chi connectivity index (χ1n) is 10.1. The van der Waals surface area contributed by atoms with Gasteiger partial charge in [0.05, 0.1) is 31.2 Å². The molecule has 0 N–H and O–H groups in total. The number of anilines is 1. The highest BCUT2D eigenvalue weighted by Crippen LogP contribution is 2.30. The second-order valence-electron chi connectivity index (χ2n) is 8.75. The van der Waals surface area contributed by atoms with Crippen molar-refractivity contribution in [3.63, 3.8) is 0 Å². The summed E-state index contributed by atoms with van der Waals surface area (Å²) >= 11 is 0. The highest BCUT2D eigenvalue weighted by Gasteiger charge is 2.29. The summed E-state index contributed by atoms with van der Waals surface area (Å²) in [4.78, 5) is 25.6. The van der Waals surface area contributed by atoms with E-state index in [1.54, 1.807) is 41.3 Å². The molecule has 0 saturated heterocycles. The second-order valence-corrected chi connectivity index (χ2v) is 10.7. The number of nitrogens with zero attached hydrogens (tertiary/aromatic N) is 2. The number of fused-ring (bicyclic) bond motifs is 1. The van der Waals surface area contributed by atoms with Crippen molar-refractivity contribution in [3.8, 4) is 0 Å². The number of ether oxygens (including phenoxy) is 2. The van der Waals surface area contributed by atoms with Crippen LogP contribution in [-0.4, -0.2) is 44.3 Å². The van der Waals surface area contributed by atoms with Crippen molar-refractivity contribution in [2.24, 2.45) is 0 Å². The molecule has 2 aromatic carbocycles. The van der Waals surface area contributed by atoms with Crippen molar-refractivity contribution in [2.75, 3.05) is 17.7 Å². The van der Waals surface area contributed by atoms with Crippen LogP contribution in [0.25, 0.3) is 0 Å². The quantitative estimate of drug-likeness (QED) is 0.632. The van der Waals surface area contributed by atoms with E-state index >= 15 is 0 Å². The lowest BCUT2D eigenvalue weighted by atomic mass is 10.1. The highest BCUT2D eigenvalue weighted by atomic mass is 32.2. The van der Waals surface area contributed by atoms with E-state index < -0.39 is 27.7 Å². The minimum Gasteiger partial charge on any atom is -0.465 e. The Labute approximate surface area is 188 Å². The molecule has 1 amide bonds. The Balaban J connectivity index is 1.82. The van der Waals surface area contributed by atoms with Crippen LogP contribution >= 0.6 is 0 Å². The first kappa shape index (κ1) is 23.6. The average Bonchev–Trinajstić information content (AvgIpc) is 3.13. The molecule has 0 saturated carbocycles. The fraction of sp³-hybridized carbons (Fsp3) is 0.391. The predicted molar refractivity (Wildman–Crippen MR) is 121 cm³/mol. The molecular formula is C23H28N2O6S. The van der Waals surface area contributed by atoms with Crippen molar-refractivity contribution in [2.45, 2.75) is 46.0 Å². The molecule has 0 radical (unpaired) electrons. The lowest BCUT2D eigenvalue weighted by molar-refractivity contribution is 0.0241. The Kier molecular flexibility index (Phi) is 6.50. The normalized spacial score (nSPS) is 13.5. The molecule has 3 rings (SSSR count). The van der Waals surface area contributed by atoms with Crippen molar-refractivity contribution < 1.29 is 27.5 Å². The van der Waals surface area contributed by atoms with Crippen molar-refractivity contribution in [1.29, 1.82) is 0 Å². The summed E-state index contributed by atoms with van der Waals surface area (Å²) in [6.45, 7) is 6.31. The molecule has 1 heterocycles. The van der Waals surface area contributed by atoms with Crippen LogP contribution in [0.4, 0.5) is 10.5 Å². The molecule has 0 unspecified atom stereocenters. The van der Waals surface area contributed by atoms with Gasteiger partial charge in [0.1, 0.15) is 5.60 Å². The Morgan fingerprint density at radius 1 is 1.03 bits per heavy atom. The zero-order valence-corrected chi connectivity index (χ0v) is 19.7. The van der Waals surface area contributed by atoms with Gasteiger partial charge in [-0.3, -0.25) is 9.21 Å². The fourth-order valence-electron chi connectivity index (χ4n) is 3.42. The molecule has 0 aromatic heterocycles. The first-order valence-corrected chi connectivity index (χ1v) is 12.0. The topological polar surface area (TPSA) is 93.2 Å². The molecular weight excluding hydrogens is 432 g/mol. The van der Waals surface area contributed by atoms with Crippen LogP contribution in [0.2, 0.25) is 0 Å². The molecule has 8 nitrogen and oxygen atoms in total. The summed E-state index contributed by atoms with van der Waals surface area (Å²) in [6, 6.07) is 12.0. The molecule has 0 aliphatic carbocycles. The number of rotatable bonds is 5. The number of carbonyl (C=O) groups is 2. The lowest BCUT2D eigenvalue weighted by Gasteiger charge is -2.24. The molecule has 32 heavy (non-hydrogen) atoms. The van der Waals surface area contributed by atoms with Gasteiger partial charge in [-0.2, -0.15) is 0 Å². The standard InChI is InChI=1S/C23H28N2O6S/c1-23(2,3)31-22(27)24-14-18-10-11-20(12-19(18)15-24)25(32(5,28)29)13-16-6-8-17(9-7-16)21(26)30-4/h6-12H,13-15H2,1-5H3. The Morgan fingerprint density at radius 2 is 1.66 bits per heavy atom. The third-order valence-electron chi connectivity index (χ3n) is 4.95. The molecule has 1 aliphatic heterocycles. The number of carbonyl (C=O) groups excluding carboxylic acids is 2. The Morgan fingerprint density at radius 3 is 2.22 bits per heavy atom. The van der Waals surface area contributed by atoms with E-state index in [2.05, 4.69) is 0 Å². The van der Waals surface area contributed by atoms with Crippen molar-refractivity contribution >= 4 is 27.8 Å². The van der Waals surface area contributed by atoms with Crippen LogP contribution in [0.1, 0.15) is 47.8 Å². The molecule has 0 fully saturated rings. The zero-order valence-electron chi connectivity index (χ0n) is 18.9. The van der Waals surface area contributed by atoms with Gasteiger partial charge in [-0.05, 0) is 61.7 Å². The van der Waals surface area contributed by atoms with Gasteiger partial charge in [-0.15, -0.1) is 0 Å². The van der Waals surface area contributed by atoms with Crippen LogP contribution in [-0.2, 0) is 39.1 Å². The summed E-state index contributed by atoms with van der Waals surface area (Å²) in [5, 5.41) is 0. The van der Waals surface area contributed by atoms with E-state index in [-0.39, 0.29) is 6.54 Å². The van der Waals surface area contributed by atoms with Gasteiger partial charge >= 0.3 is 12.1 Å². The summed E-state index contributed by atoms with van der Waals surface area (Å²) in [5.41, 5.74) is 2.86. The van der Waals surface area contributed by atoms with E-state index in [9.17, 15) is 18.0 Å². The minimum absolute atomic E-state index is 0.106. The summed E-state index contributed by atoms with van der Waals surface area (Å²) in [7, 11) is -2.28. The molecule has 9 heteroatoms. The minimum atomic E-state index is -3.58. The maximum Gasteiger partial charge on any atom is 0.410 e. The summed E-state index contributed by atoms with van der Waals surface area (Å²) in [6.07, 6.45) is 0.747. The van der Waals surface area contributed by atoms with Gasteiger partial charge in [-0.25, -0.2) is 18.0 Å².